The number of piperazine rings is 1. The standard InChI is InChI=1S/C52H68F3N11O8S/c1-34-46(75-33-57-34)38-7-5-35(6-8-38)30-56-48(70)39-29-44(68)65(31-39)49(71)47(51(2,3)4)58-43(67)17-25-72-27-28-73-26-24-62-20-22-64(23-21-62)45(69)32-74-40-11-9-36(10-12-40)37-15-18-63(19-16-37)42-14-13-41-59-60-50(52(53,54)55)66(41)61-42/h5-12,33,37,39,44,47,68H,13-32H2,1-4H3,(H,56,70)(H,58,67)/t39-,44-,47+/m1/s1. The summed E-state index contributed by atoms with van der Waals surface area (Å²) in [7, 11) is 0. The monoisotopic (exact) mass is 1060 g/mol. The minimum absolute atomic E-state index is 0.0230. The number of fused-ring (bicyclic) bond motifs is 1. The van der Waals surface area contributed by atoms with Crippen molar-refractivity contribution in [3.05, 3.63) is 82.5 Å². The number of carbonyl (C=O) groups is 4. The lowest BCUT2D eigenvalue weighted by molar-refractivity contribution is -0.147. The number of amidine groups is 1. The smallest absolute Gasteiger partial charge is 0.453 e. The molecule has 2 aromatic heterocycles. The summed E-state index contributed by atoms with van der Waals surface area (Å²) in [5, 5.41) is 27.9. The number of carbonyl (C=O) groups excluding carboxylic acids is 4. The highest BCUT2D eigenvalue weighted by Crippen LogP contribution is 2.34. The number of nitrogens with zero attached hydrogens (tertiary/aromatic N) is 9. The number of aliphatic hydroxyl groups excluding tert-OH is 1. The summed E-state index contributed by atoms with van der Waals surface area (Å²) in [5.74, 6) is -1.13. The second-order valence-corrected chi connectivity index (χ2v) is 21.4. The Labute approximate surface area is 438 Å². The molecular weight excluding hydrogens is 996 g/mol. The van der Waals surface area contributed by atoms with Crippen molar-refractivity contribution in [2.75, 3.05) is 85.4 Å². The Balaban J connectivity index is 0.653. The summed E-state index contributed by atoms with van der Waals surface area (Å²) < 4.78 is 58.3. The maximum Gasteiger partial charge on any atom is 0.453 e. The molecule has 23 heteroatoms. The van der Waals surface area contributed by atoms with Crippen molar-refractivity contribution >= 4 is 40.8 Å². The summed E-state index contributed by atoms with van der Waals surface area (Å²) in [6.07, 6.45) is -3.14. The Morgan fingerprint density at radius 1 is 0.880 bits per heavy atom. The number of hydrogen-bond acceptors (Lipinski definition) is 15. The first kappa shape index (κ1) is 55.2. The molecule has 0 radical (unpaired) electrons. The average Bonchev–Trinajstić information content (AvgIpc) is 4.15. The van der Waals surface area contributed by atoms with Crippen molar-refractivity contribution in [1.29, 1.82) is 0 Å². The number of alkyl halides is 3. The van der Waals surface area contributed by atoms with E-state index in [1.165, 1.54) is 4.90 Å². The van der Waals surface area contributed by atoms with Crippen LogP contribution in [0.3, 0.4) is 0 Å². The third-order valence-corrected chi connectivity index (χ3v) is 15.2. The van der Waals surface area contributed by atoms with E-state index >= 15 is 0 Å². The molecule has 3 atom stereocenters. The van der Waals surface area contributed by atoms with Gasteiger partial charge in [0.25, 0.3) is 11.7 Å². The van der Waals surface area contributed by atoms with Crippen LogP contribution in [0.15, 0.2) is 59.1 Å². The number of likely N-dealkylation sites (tertiary alicyclic amines) is 2. The molecule has 4 aliphatic heterocycles. The van der Waals surface area contributed by atoms with Gasteiger partial charge in [0, 0.05) is 84.6 Å². The van der Waals surface area contributed by atoms with Gasteiger partial charge in [-0.2, -0.15) is 22.9 Å². The molecule has 3 fully saturated rings. The van der Waals surface area contributed by atoms with Gasteiger partial charge in [-0.25, -0.2) is 4.98 Å². The summed E-state index contributed by atoms with van der Waals surface area (Å²) in [4.78, 5) is 65.8. The van der Waals surface area contributed by atoms with E-state index < -0.39 is 41.5 Å². The number of nitrogens with one attached hydrogen (secondary N) is 2. The number of ether oxygens (including phenoxy) is 3. The van der Waals surface area contributed by atoms with Gasteiger partial charge >= 0.3 is 6.18 Å². The third-order valence-electron chi connectivity index (χ3n) is 14.2. The molecule has 4 aromatic rings. The number of halogens is 3. The van der Waals surface area contributed by atoms with Gasteiger partial charge < -0.3 is 44.7 Å². The molecule has 2 aromatic carbocycles. The molecule has 0 spiro atoms. The highest BCUT2D eigenvalue weighted by atomic mass is 32.1. The van der Waals surface area contributed by atoms with Crippen LogP contribution in [-0.2, 0) is 47.8 Å². The molecule has 0 aliphatic carbocycles. The SMILES string of the molecule is Cc1ncsc1-c1ccc(CNC(=O)[C@@H]2C[C@@H](O)N(C(=O)[C@H](NC(=O)CCOCCOCCN3CCN(C(=O)COc4ccc(C5CCN(C6=Nn7c(nnc7C(F)(F)F)CC6)CC5)cc4)CC3)C(C)(C)C)C2)cc1. The highest BCUT2D eigenvalue weighted by molar-refractivity contribution is 7.13. The Hall–Kier alpha value is -6.01. The van der Waals surface area contributed by atoms with Gasteiger partial charge in [0.05, 0.1) is 48.4 Å². The predicted molar refractivity (Wildman–Crippen MR) is 272 cm³/mol. The number of thiazole rings is 1. The van der Waals surface area contributed by atoms with Crippen LogP contribution >= 0.6 is 11.3 Å². The molecule has 6 heterocycles. The fourth-order valence-electron chi connectivity index (χ4n) is 9.78. The van der Waals surface area contributed by atoms with Gasteiger partial charge in [-0.15, -0.1) is 21.5 Å². The topological polar surface area (TPSA) is 209 Å². The van der Waals surface area contributed by atoms with Crippen LogP contribution in [0.25, 0.3) is 10.4 Å². The number of hydrogen-bond donors (Lipinski definition) is 3. The van der Waals surface area contributed by atoms with Crippen molar-refractivity contribution in [2.24, 2.45) is 16.4 Å². The van der Waals surface area contributed by atoms with Crippen LogP contribution in [-0.4, -0.2) is 172 Å². The number of amides is 4. The quantitative estimate of drug-likeness (QED) is 0.109. The van der Waals surface area contributed by atoms with Gasteiger partial charge in [-0.05, 0) is 59.9 Å². The minimum Gasteiger partial charge on any atom is -0.484 e. The first-order valence-corrected chi connectivity index (χ1v) is 26.6. The second-order valence-electron chi connectivity index (χ2n) is 20.5. The van der Waals surface area contributed by atoms with Crippen LogP contribution in [0.5, 0.6) is 5.75 Å². The van der Waals surface area contributed by atoms with E-state index in [9.17, 15) is 37.5 Å². The van der Waals surface area contributed by atoms with E-state index in [2.05, 4.69) is 40.7 Å². The molecule has 75 heavy (non-hydrogen) atoms. The maximum atomic E-state index is 13.8. The zero-order valence-electron chi connectivity index (χ0n) is 43.0. The summed E-state index contributed by atoms with van der Waals surface area (Å²) in [6, 6.07) is 14.7. The van der Waals surface area contributed by atoms with Crippen molar-refractivity contribution < 1.29 is 51.7 Å². The molecular formula is C52H68F3N11O8S. The third kappa shape index (κ3) is 14.5. The Kier molecular flexibility index (Phi) is 18.2. The van der Waals surface area contributed by atoms with Gasteiger partial charge in [-0.3, -0.25) is 24.1 Å². The van der Waals surface area contributed by atoms with E-state index in [1.807, 2.05) is 81.7 Å². The molecule has 406 valence electrons. The second kappa shape index (κ2) is 24.8. The predicted octanol–water partition coefficient (Wildman–Crippen LogP) is 4.68. The fraction of sp³-hybridized carbons (Fsp3) is 0.577. The average molecular weight is 1060 g/mol. The van der Waals surface area contributed by atoms with Gasteiger partial charge in [0.1, 0.15) is 23.9 Å². The Morgan fingerprint density at radius 2 is 1.59 bits per heavy atom. The Bertz CT molecular complexity index is 2610. The fourth-order valence-corrected chi connectivity index (χ4v) is 10.6. The van der Waals surface area contributed by atoms with Crippen molar-refractivity contribution in [3.63, 3.8) is 0 Å². The van der Waals surface area contributed by atoms with E-state index in [0.717, 1.165) is 44.8 Å². The van der Waals surface area contributed by atoms with E-state index in [0.29, 0.717) is 90.0 Å². The van der Waals surface area contributed by atoms with Gasteiger partial charge in [-0.1, -0.05) is 57.2 Å². The van der Waals surface area contributed by atoms with Gasteiger partial charge in [0.15, 0.2) is 12.4 Å². The minimum atomic E-state index is -4.63. The molecule has 0 saturated carbocycles. The molecule has 4 amide bonds. The molecule has 3 N–H and O–H groups in total. The van der Waals surface area contributed by atoms with Crippen LogP contribution in [0.1, 0.15) is 87.3 Å². The Morgan fingerprint density at radius 3 is 2.25 bits per heavy atom. The van der Waals surface area contributed by atoms with E-state index in [4.69, 9.17) is 14.2 Å². The molecule has 0 unspecified atom stereocenters. The number of benzene rings is 2. The van der Waals surface area contributed by atoms with Crippen LogP contribution < -0.4 is 15.4 Å². The lowest BCUT2D eigenvalue weighted by Crippen LogP contribution is -2.56. The first-order valence-electron chi connectivity index (χ1n) is 25.7. The number of aliphatic hydroxyl groups is 1. The molecule has 3 saturated heterocycles. The lowest BCUT2D eigenvalue weighted by Gasteiger charge is -2.35. The van der Waals surface area contributed by atoms with Crippen molar-refractivity contribution in [1.82, 2.24) is 50.1 Å². The van der Waals surface area contributed by atoms with Crippen molar-refractivity contribution in [3.8, 4) is 16.2 Å². The lowest BCUT2D eigenvalue weighted by atomic mass is 9.85. The summed E-state index contributed by atoms with van der Waals surface area (Å²) >= 11 is 1.58. The number of aryl methyl sites for hydroxylation is 2. The largest absolute Gasteiger partial charge is 0.484 e. The first-order chi connectivity index (χ1) is 35.9. The maximum absolute atomic E-state index is 13.8. The van der Waals surface area contributed by atoms with Crippen molar-refractivity contribution in [2.45, 2.75) is 97.1 Å². The van der Waals surface area contributed by atoms with E-state index in [-0.39, 0.29) is 68.7 Å². The van der Waals surface area contributed by atoms with Crippen LogP contribution in [0, 0.1) is 18.3 Å². The highest BCUT2D eigenvalue weighted by Gasteiger charge is 2.44. The number of aromatic nitrogens is 4. The number of rotatable bonds is 19. The summed E-state index contributed by atoms with van der Waals surface area (Å²) in [5.41, 5.74) is 5.23. The molecule has 0 bridgehead atoms. The van der Waals surface area contributed by atoms with Crippen LogP contribution in [0.2, 0.25) is 0 Å². The zero-order valence-corrected chi connectivity index (χ0v) is 43.8. The molecule has 8 rings (SSSR count). The molecule has 4 aliphatic rings. The van der Waals surface area contributed by atoms with E-state index in [1.54, 1.807) is 16.2 Å². The summed E-state index contributed by atoms with van der Waals surface area (Å²) in [6.45, 7) is 13.6. The normalized spacial score (nSPS) is 19.1. The number of piperidine rings is 1. The zero-order chi connectivity index (χ0) is 53.3. The molecule has 19 nitrogen and oxygen atoms in total. The van der Waals surface area contributed by atoms with Gasteiger partial charge in [0.2, 0.25) is 17.7 Å². The van der Waals surface area contributed by atoms with Crippen LogP contribution in [0.4, 0.5) is 13.2 Å².